The predicted octanol–water partition coefficient (Wildman–Crippen LogP) is 2.20. The van der Waals surface area contributed by atoms with Crippen LogP contribution in [0, 0.1) is 0 Å². The molecule has 0 aromatic heterocycles. The van der Waals surface area contributed by atoms with E-state index >= 15 is 0 Å². The molecule has 1 fully saturated rings. The third-order valence-corrected chi connectivity index (χ3v) is 3.04. The zero-order valence-electron chi connectivity index (χ0n) is 9.06. The van der Waals surface area contributed by atoms with Crippen LogP contribution in [0.4, 0.5) is 0 Å². The lowest BCUT2D eigenvalue weighted by Gasteiger charge is -2.23. The fraction of sp³-hybridized carbons (Fsp3) is 0.818. The minimum Gasteiger partial charge on any atom is -0.311 e. The van der Waals surface area contributed by atoms with E-state index < -0.39 is 0 Å². The van der Waals surface area contributed by atoms with Crippen molar-refractivity contribution in [3.05, 3.63) is 11.6 Å². The highest BCUT2D eigenvalue weighted by Crippen LogP contribution is 2.21. The molecule has 1 aliphatic rings. The van der Waals surface area contributed by atoms with E-state index in [4.69, 9.17) is 11.6 Å². The fourth-order valence-corrected chi connectivity index (χ4v) is 2.10. The van der Waals surface area contributed by atoms with E-state index in [-0.39, 0.29) is 0 Å². The maximum atomic E-state index is 5.65. The van der Waals surface area contributed by atoms with Crippen molar-refractivity contribution in [1.82, 2.24) is 10.2 Å². The van der Waals surface area contributed by atoms with Crippen molar-refractivity contribution in [1.29, 1.82) is 0 Å². The van der Waals surface area contributed by atoms with E-state index in [1.807, 2.05) is 0 Å². The number of rotatable bonds is 6. The van der Waals surface area contributed by atoms with Gasteiger partial charge in [0.25, 0.3) is 0 Å². The predicted molar refractivity (Wildman–Crippen MR) is 62.7 cm³/mol. The Morgan fingerprint density at radius 3 is 2.71 bits per heavy atom. The van der Waals surface area contributed by atoms with Crippen LogP contribution in [0.15, 0.2) is 11.6 Å². The van der Waals surface area contributed by atoms with E-state index in [1.165, 1.54) is 25.7 Å². The van der Waals surface area contributed by atoms with Gasteiger partial charge in [-0.25, -0.2) is 0 Å². The molecule has 82 valence electrons. The lowest BCUT2D eigenvalue weighted by atomic mass is 10.2. The first kappa shape index (κ1) is 12.0. The first-order valence-electron chi connectivity index (χ1n) is 5.44. The van der Waals surface area contributed by atoms with Gasteiger partial charge in [0.1, 0.15) is 0 Å². The summed E-state index contributed by atoms with van der Waals surface area (Å²) < 4.78 is 0. The molecule has 3 heteroatoms. The van der Waals surface area contributed by atoms with Crippen molar-refractivity contribution in [3.63, 3.8) is 0 Å². The number of nitrogens with zero attached hydrogens (tertiary/aromatic N) is 1. The van der Waals surface area contributed by atoms with Crippen molar-refractivity contribution in [3.8, 4) is 0 Å². The maximum absolute atomic E-state index is 5.65. The van der Waals surface area contributed by atoms with Gasteiger partial charge in [0.15, 0.2) is 0 Å². The summed E-state index contributed by atoms with van der Waals surface area (Å²) in [6.07, 6.45) is 5.55. The molecule has 0 saturated heterocycles. The Labute approximate surface area is 92.3 Å². The Kier molecular flexibility index (Phi) is 5.53. The van der Waals surface area contributed by atoms with Crippen LogP contribution in [0.2, 0.25) is 0 Å². The standard InChI is InChI=1S/C11H21ClN2/c1-10(12)9-13-7-8-14(2)11-5-3-4-6-11/h11,13H,1,3-9H2,2H3. The van der Waals surface area contributed by atoms with Gasteiger partial charge in [-0.1, -0.05) is 31.0 Å². The van der Waals surface area contributed by atoms with Crippen molar-refractivity contribution in [2.75, 3.05) is 26.7 Å². The number of hydrogen-bond acceptors (Lipinski definition) is 2. The third kappa shape index (κ3) is 4.45. The summed E-state index contributed by atoms with van der Waals surface area (Å²) in [4.78, 5) is 2.46. The van der Waals surface area contributed by atoms with Crippen molar-refractivity contribution in [2.45, 2.75) is 31.7 Å². The zero-order valence-corrected chi connectivity index (χ0v) is 9.82. The Balaban J connectivity index is 2.02. The maximum Gasteiger partial charge on any atom is 0.0307 e. The molecule has 1 saturated carbocycles. The second-order valence-electron chi connectivity index (χ2n) is 4.11. The van der Waals surface area contributed by atoms with Gasteiger partial charge in [-0.05, 0) is 19.9 Å². The average molecular weight is 217 g/mol. The highest BCUT2D eigenvalue weighted by Gasteiger charge is 2.18. The first-order chi connectivity index (χ1) is 6.70. The van der Waals surface area contributed by atoms with Crippen molar-refractivity contribution >= 4 is 11.6 Å². The smallest absolute Gasteiger partial charge is 0.0307 e. The lowest BCUT2D eigenvalue weighted by Crippen LogP contribution is -2.35. The Morgan fingerprint density at radius 1 is 1.50 bits per heavy atom. The van der Waals surface area contributed by atoms with Crippen molar-refractivity contribution < 1.29 is 0 Å². The largest absolute Gasteiger partial charge is 0.311 e. The highest BCUT2D eigenvalue weighted by molar-refractivity contribution is 6.29. The molecule has 0 aromatic carbocycles. The van der Waals surface area contributed by atoms with Crippen LogP contribution >= 0.6 is 11.6 Å². The molecule has 0 amide bonds. The summed E-state index contributed by atoms with van der Waals surface area (Å²) in [5.74, 6) is 0. The molecule has 0 atom stereocenters. The summed E-state index contributed by atoms with van der Waals surface area (Å²) in [6, 6.07) is 0.816. The monoisotopic (exact) mass is 216 g/mol. The molecular weight excluding hydrogens is 196 g/mol. The van der Waals surface area contributed by atoms with E-state index in [0.29, 0.717) is 5.03 Å². The molecule has 0 spiro atoms. The minimum absolute atomic E-state index is 0.688. The van der Waals surface area contributed by atoms with E-state index in [9.17, 15) is 0 Å². The normalized spacial score (nSPS) is 17.9. The summed E-state index contributed by atoms with van der Waals surface area (Å²) in [5.41, 5.74) is 0. The van der Waals surface area contributed by atoms with E-state index in [2.05, 4.69) is 23.8 Å². The molecule has 0 aliphatic heterocycles. The Morgan fingerprint density at radius 2 is 2.14 bits per heavy atom. The van der Waals surface area contributed by atoms with Crippen LogP contribution in [-0.4, -0.2) is 37.6 Å². The Bertz CT molecular complexity index is 176. The van der Waals surface area contributed by atoms with Crippen LogP contribution in [0.5, 0.6) is 0 Å². The molecule has 2 nitrogen and oxygen atoms in total. The van der Waals surface area contributed by atoms with Crippen LogP contribution in [0.1, 0.15) is 25.7 Å². The molecule has 0 radical (unpaired) electrons. The van der Waals surface area contributed by atoms with Gasteiger partial charge in [-0.2, -0.15) is 0 Å². The third-order valence-electron chi connectivity index (χ3n) is 2.91. The number of hydrogen-bond donors (Lipinski definition) is 1. The molecule has 1 N–H and O–H groups in total. The van der Waals surface area contributed by atoms with Gasteiger partial charge < -0.3 is 10.2 Å². The number of halogens is 1. The topological polar surface area (TPSA) is 15.3 Å². The molecule has 1 rings (SSSR count). The average Bonchev–Trinajstić information content (AvgIpc) is 2.64. The fourth-order valence-electron chi connectivity index (χ4n) is 2.01. The van der Waals surface area contributed by atoms with Gasteiger partial charge >= 0.3 is 0 Å². The van der Waals surface area contributed by atoms with E-state index in [1.54, 1.807) is 0 Å². The van der Waals surface area contributed by atoms with Crippen LogP contribution in [0.3, 0.4) is 0 Å². The quantitative estimate of drug-likeness (QED) is 0.685. The minimum atomic E-state index is 0.688. The second kappa shape index (κ2) is 6.44. The SMILES string of the molecule is C=C(Cl)CNCCN(C)C1CCCC1. The molecule has 14 heavy (non-hydrogen) atoms. The molecule has 0 heterocycles. The molecule has 0 unspecified atom stereocenters. The molecule has 1 aliphatic carbocycles. The van der Waals surface area contributed by atoms with Crippen LogP contribution < -0.4 is 5.32 Å². The van der Waals surface area contributed by atoms with Gasteiger partial charge in [-0.3, -0.25) is 0 Å². The summed E-state index contributed by atoms with van der Waals surface area (Å²) in [7, 11) is 2.22. The number of nitrogens with one attached hydrogen (secondary N) is 1. The molecule has 0 aromatic rings. The zero-order chi connectivity index (χ0) is 10.4. The van der Waals surface area contributed by atoms with Crippen LogP contribution in [-0.2, 0) is 0 Å². The van der Waals surface area contributed by atoms with Gasteiger partial charge in [-0.15, -0.1) is 0 Å². The Hall–Kier alpha value is -0.0500. The van der Waals surface area contributed by atoms with Gasteiger partial charge in [0.2, 0.25) is 0 Å². The molecular formula is C11H21ClN2. The molecule has 0 bridgehead atoms. The lowest BCUT2D eigenvalue weighted by molar-refractivity contribution is 0.246. The second-order valence-corrected chi connectivity index (χ2v) is 4.65. The van der Waals surface area contributed by atoms with Gasteiger partial charge in [0.05, 0.1) is 0 Å². The summed E-state index contributed by atoms with van der Waals surface area (Å²) in [5, 5.41) is 3.95. The van der Waals surface area contributed by atoms with Crippen LogP contribution in [0.25, 0.3) is 0 Å². The van der Waals surface area contributed by atoms with E-state index in [0.717, 1.165) is 25.7 Å². The first-order valence-corrected chi connectivity index (χ1v) is 5.82. The number of likely N-dealkylation sites (N-methyl/N-ethyl adjacent to an activating group) is 1. The van der Waals surface area contributed by atoms with Gasteiger partial charge in [0, 0.05) is 30.7 Å². The van der Waals surface area contributed by atoms with Crippen molar-refractivity contribution in [2.24, 2.45) is 0 Å². The summed E-state index contributed by atoms with van der Waals surface area (Å²) in [6.45, 7) is 6.47. The highest BCUT2D eigenvalue weighted by atomic mass is 35.5. The summed E-state index contributed by atoms with van der Waals surface area (Å²) >= 11 is 5.65.